The highest BCUT2D eigenvalue weighted by molar-refractivity contribution is 7.98. The van der Waals surface area contributed by atoms with Crippen LogP contribution in [0.25, 0.3) is 0 Å². The number of aromatic nitrogens is 2. The first kappa shape index (κ1) is 13.3. The number of aryl methyl sites for hydroxylation is 1. The minimum Gasteiger partial charge on any atom is -0.398 e. The molecule has 2 rings (SSSR count). The number of imidazole rings is 1. The van der Waals surface area contributed by atoms with Crippen LogP contribution in [0.4, 0.5) is 5.69 Å². The Bertz CT molecular complexity index is 525. The van der Waals surface area contributed by atoms with E-state index in [4.69, 9.17) is 17.3 Å². The Labute approximate surface area is 116 Å². The SMILES string of the molecule is CCCn1cncc1CSc1ccc(Cl)cc1N. The number of thioether (sulfide) groups is 1. The predicted octanol–water partition coefficient (Wildman–Crippen LogP) is 3.82. The van der Waals surface area contributed by atoms with Gasteiger partial charge in [0.2, 0.25) is 0 Å². The summed E-state index contributed by atoms with van der Waals surface area (Å²) in [5, 5.41) is 0.674. The molecule has 0 aliphatic heterocycles. The topological polar surface area (TPSA) is 43.8 Å². The minimum atomic E-state index is 0.674. The van der Waals surface area contributed by atoms with Gasteiger partial charge in [-0.25, -0.2) is 4.98 Å². The highest BCUT2D eigenvalue weighted by atomic mass is 35.5. The van der Waals surface area contributed by atoms with Gasteiger partial charge in [0.05, 0.1) is 6.33 Å². The summed E-state index contributed by atoms with van der Waals surface area (Å²) in [6.45, 7) is 3.17. The zero-order valence-corrected chi connectivity index (χ0v) is 11.8. The Hall–Kier alpha value is -1.13. The fraction of sp³-hybridized carbons (Fsp3) is 0.308. The summed E-state index contributed by atoms with van der Waals surface area (Å²) in [4.78, 5) is 5.25. The Morgan fingerprint density at radius 2 is 2.28 bits per heavy atom. The lowest BCUT2D eigenvalue weighted by atomic mass is 10.3. The first-order valence-corrected chi connectivity index (χ1v) is 7.24. The van der Waals surface area contributed by atoms with Gasteiger partial charge in [0.15, 0.2) is 0 Å². The van der Waals surface area contributed by atoms with E-state index in [0.717, 1.165) is 29.3 Å². The molecule has 5 heteroatoms. The number of benzene rings is 1. The van der Waals surface area contributed by atoms with Crippen molar-refractivity contribution in [3.8, 4) is 0 Å². The third kappa shape index (κ3) is 3.21. The van der Waals surface area contributed by atoms with E-state index in [-0.39, 0.29) is 0 Å². The highest BCUT2D eigenvalue weighted by Gasteiger charge is 2.05. The van der Waals surface area contributed by atoms with Crippen molar-refractivity contribution in [2.45, 2.75) is 30.5 Å². The average Bonchev–Trinajstić information content (AvgIpc) is 2.76. The normalized spacial score (nSPS) is 10.8. The molecule has 0 saturated carbocycles. The molecule has 0 aliphatic carbocycles. The van der Waals surface area contributed by atoms with Crippen molar-refractivity contribution in [2.24, 2.45) is 0 Å². The molecule has 0 aliphatic rings. The van der Waals surface area contributed by atoms with Crippen LogP contribution in [0, 0.1) is 0 Å². The van der Waals surface area contributed by atoms with E-state index in [2.05, 4.69) is 16.5 Å². The third-order valence-electron chi connectivity index (χ3n) is 2.61. The monoisotopic (exact) mass is 281 g/mol. The maximum absolute atomic E-state index is 5.93. The highest BCUT2D eigenvalue weighted by Crippen LogP contribution is 2.30. The number of rotatable bonds is 5. The molecule has 1 heterocycles. The van der Waals surface area contributed by atoms with E-state index in [1.807, 2.05) is 24.7 Å². The molecule has 0 saturated heterocycles. The van der Waals surface area contributed by atoms with Crippen LogP contribution < -0.4 is 5.73 Å². The molecule has 2 N–H and O–H groups in total. The summed E-state index contributed by atoms with van der Waals surface area (Å²) >= 11 is 7.59. The number of halogens is 1. The molecule has 0 bridgehead atoms. The smallest absolute Gasteiger partial charge is 0.0948 e. The lowest BCUT2D eigenvalue weighted by Crippen LogP contribution is -1.99. The van der Waals surface area contributed by atoms with Gasteiger partial charge in [-0.2, -0.15) is 0 Å². The van der Waals surface area contributed by atoms with Crippen LogP contribution >= 0.6 is 23.4 Å². The first-order chi connectivity index (χ1) is 8.70. The van der Waals surface area contributed by atoms with Gasteiger partial charge in [0, 0.05) is 39.8 Å². The van der Waals surface area contributed by atoms with Crippen LogP contribution in [0.2, 0.25) is 5.02 Å². The van der Waals surface area contributed by atoms with Crippen LogP contribution in [-0.2, 0) is 12.3 Å². The van der Waals surface area contributed by atoms with Crippen molar-refractivity contribution in [1.82, 2.24) is 9.55 Å². The van der Waals surface area contributed by atoms with Crippen LogP contribution in [0.1, 0.15) is 19.0 Å². The lowest BCUT2D eigenvalue weighted by molar-refractivity contribution is 0.659. The Morgan fingerprint density at radius 3 is 3.00 bits per heavy atom. The Kier molecular flexibility index (Phi) is 4.55. The lowest BCUT2D eigenvalue weighted by Gasteiger charge is -2.08. The quantitative estimate of drug-likeness (QED) is 0.669. The maximum Gasteiger partial charge on any atom is 0.0948 e. The van der Waals surface area contributed by atoms with E-state index in [1.165, 1.54) is 5.69 Å². The van der Waals surface area contributed by atoms with Gasteiger partial charge in [-0.3, -0.25) is 0 Å². The van der Waals surface area contributed by atoms with Gasteiger partial charge in [0.25, 0.3) is 0 Å². The van der Waals surface area contributed by atoms with Crippen molar-refractivity contribution in [2.75, 3.05) is 5.73 Å². The predicted molar refractivity (Wildman–Crippen MR) is 77.9 cm³/mol. The van der Waals surface area contributed by atoms with E-state index < -0.39 is 0 Å². The second kappa shape index (κ2) is 6.16. The number of nitrogens with zero attached hydrogens (tertiary/aromatic N) is 2. The number of hydrogen-bond acceptors (Lipinski definition) is 3. The summed E-state index contributed by atoms with van der Waals surface area (Å²) in [6.07, 6.45) is 4.90. The molecule has 0 unspecified atom stereocenters. The van der Waals surface area contributed by atoms with Crippen molar-refractivity contribution in [3.05, 3.63) is 41.4 Å². The maximum atomic E-state index is 5.93. The van der Waals surface area contributed by atoms with Crippen LogP contribution in [0.3, 0.4) is 0 Å². The average molecular weight is 282 g/mol. The fourth-order valence-electron chi connectivity index (χ4n) is 1.71. The van der Waals surface area contributed by atoms with Crippen molar-refractivity contribution < 1.29 is 0 Å². The third-order valence-corrected chi connectivity index (χ3v) is 3.97. The summed E-state index contributed by atoms with van der Waals surface area (Å²) < 4.78 is 2.18. The largest absolute Gasteiger partial charge is 0.398 e. The number of nitrogen functional groups attached to an aromatic ring is 1. The van der Waals surface area contributed by atoms with Gasteiger partial charge in [-0.15, -0.1) is 11.8 Å². The van der Waals surface area contributed by atoms with E-state index in [9.17, 15) is 0 Å². The van der Waals surface area contributed by atoms with E-state index in [0.29, 0.717) is 5.02 Å². The van der Waals surface area contributed by atoms with Crippen LogP contribution in [0.5, 0.6) is 0 Å². The fourth-order valence-corrected chi connectivity index (χ4v) is 2.83. The Morgan fingerprint density at radius 1 is 1.44 bits per heavy atom. The summed E-state index contributed by atoms with van der Waals surface area (Å²) in [5.41, 5.74) is 7.88. The van der Waals surface area contributed by atoms with Gasteiger partial charge < -0.3 is 10.3 Å². The van der Waals surface area contributed by atoms with E-state index >= 15 is 0 Å². The minimum absolute atomic E-state index is 0.674. The molecule has 1 aromatic carbocycles. The zero-order valence-electron chi connectivity index (χ0n) is 10.3. The summed E-state index contributed by atoms with van der Waals surface area (Å²) in [5.74, 6) is 0.867. The number of nitrogens with two attached hydrogens (primary N) is 1. The summed E-state index contributed by atoms with van der Waals surface area (Å²) in [7, 11) is 0. The van der Waals surface area contributed by atoms with Gasteiger partial charge in [0.1, 0.15) is 0 Å². The number of anilines is 1. The molecule has 0 fully saturated rings. The van der Waals surface area contributed by atoms with E-state index in [1.54, 1.807) is 17.8 Å². The molecule has 2 aromatic rings. The summed E-state index contributed by atoms with van der Waals surface area (Å²) in [6, 6.07) is 5.61. The molecule has 0 amide bonds. The second-order valence-corrected chi connectivity index (χ2v) is 5.50. The standard InChI is InChI=1S/C13H16ClN3S/c1-2-5-17-9-16-7-11(17)8-18-13-4-3-10(14)6-12(13)15/h3-4,6-7,9H,2,5,8,15H2,1H3. The molecule has 3 nitrogen and oxygen atoms in total. The van der Waals surface area contributed by atoms with Crippen molar-refractivity contribution in [1.29, 1.82) is 0 Å². The molecular formula is C13H16ClN3S. The zero-order chi connectivity index (χ0) is 13.0. The van der Waals surface area contributed by atoms with Gasteiger partial charge in [-0.1, -0.05) is 18.5 Å². The Balaban J connectivity index is 2.04. The van der Waals surface area contributed by atoms with Gasteiger partial charge >= 0.3 is 0 Å². The molecule has 1 aromatic heterocycles. The van der Waals surface area contributed by atoms with Crippen LogP contribution in [0.15, 0.2) is 35.6 Å². The molecule has 18 heavy (non-hydrogen) atoms. The van der Waals surface area contributed by atoms with Crippen molar-refractivity contribution >= 4 is 29.1 Å². The molecular weight excluding hydrogens is 266 g/mol. The second-order valence-electron chi connectivity index (χ2n) is 4.05. The van der Waals surface area contributed by atoms with Gasteiger partial charge in [-0.05, 0) is 24.6 Å². The molecule has 0 spiro atoms. The molecule has 96 valence electrons. The van der Waals surface area contributed by atoms with Crippen LogP contribution in [-0.4, -0.2) is 9.55 Å². The first-order valence-electron chi connectivity index (χ1n) is 5.87. The molecule has 0 atom stereocenters. The number of hydrogen-bond donors (Lipinski definition) is 1. The van der Waals surface area contributed by atoms with Crippen molar-refractivity contribution in [3.63, 3.8) is 0 Å². The molecule has 0 radical (unpaired) electrons.